The molecule has 0 radical (unpaired) electrons. The van der Waals surface area contributed by atoms with E-state index in [0.29, 0.717) is 23.8 Å². The van der Waals surface area contributed by atoms with Gasteiger partial charge in [-0.1, -0.05) is 35.9 Å². The summed E-state index contributed by atoms with van der Waals surface area (Å²) in [6.45, 7) is 6.00. The molecule has 35 heavy (non-hydrogen) atoms. The number of fused-ring (bicyclic) bond motifs is 1. The van der Waals surface area contributed by atoms with E-state index < -0.39 is 0 Å². The zero-order valence-electron chi connectivity index (χ0n) is 20.1. The van der Waals surface area contributed by atoms with Crippen LogP contribution in [0.1, 0.15) is 34.0 Å². The number of hydrogen-bond acceptors (Lipinski definition) is 3. The first-order chi connectivity index (χ1) is 16.9. The molecule has 0 fully saturated rings. The molecule has 7 heteroatoms. The summed E-state index contributed by atoms with van der Waals surface area (Å²) < 4.78 is 0. The molecule has 3 aromatic carbocycles. The van der Waals surface area contributed by atoms with Crippen LogP contribution >= 0.6 is 0 Å². The molecule has 4 aromatic rings. The van der Waals surface area contributed by atoms with Gasteiger partial charge < -0.3 is 15.6 Å². The Morgan fingerprint density at radius 3 is 2.46 bits per heavy atom. The summed E-state index contributed by atoms with van der Waals surface area (Å²) >= 11 is 0. The standard InChI is InChI=1S/C28H29N5O2/c1-18-8-13-25(19(2)16-18)32-28(29-15-14-22-17-30-26-7-5-4-6-24(22)26)33-27(35)21-9-11-23(12-10-21)31-20(3)34/h4-13,16-17,30H,14-15H2,1-3H3,(H,31,34)(H2,29,32,33,35). The lowest BCUT2D eigenvalue weighted by atomic mass is 10.1. The molecule has 0 bridgehead atoms. The van der Waals surface area contributed by atoms with Crippen molar-refractivity contribution < 1.29 is 9.59 Å². The number of nitrogens with one attached hydrogen (secondary N) is 4. The molecule has 178 valence electrons. The quantitative estimate of drug-likeness (QED) is 0.232. The van der Waals surface area contributed by atoms with Crippen LogP contribution in [-0.2, 0) is 11.2 Å². The van der Waals surface area contributed by atoms with Gasteiger partial charge in [0.1, 0.15) is 0 Å². The molecule has 1 heterocycles. The minimum Gasteiger partial charge on any atom is -0.361 e. The molecule has 0 aliphatic carbocycles. The summed E-state index contributed by atoms with van der Waals surface area (Å²) in [6, 6.07) is 21.0. The van der Waals surface area contributed by atoms with Gasteiger partial charge in [-0.2, -0.15) is 0 Å². The van der Waals surface area contributed by atoms with Gasteiger partial charge in [-0.3, -0.25) is 19.9 Å². The summed E-state index contributed by atoms with van der Waals surface area (Å²) in [5.41, 5.74) is 6.47. The second-order valence-electron chi connectivity index (χ2n) is 8.50. The Balaban J connectivity index is 1.52. The van der Waals surface area contributed by atoms with Gasteiger partial charge in [-0.05, 0) is 67.8 Å². The third-order valence-corrected chi connectivity index (χ3v) is 5.66. The lowest BCUT2D eigenvalue weighted by Gasteiger charge is -2.14. The van der Waals surface area contributed by atoms with Gasteiger partial charge in [0.15, 0.2) is 0 Å². The maximum absolute atomic E-state index is 13.0. The van der Waals surface area contributed by atoms with Crippen molar-refractivity contribution in [2.45, 2.75) is 27.2 Å². The van der Waals surface area contributed by atoms with E-state index in [4.69, 9.17) is 0 Å². The van der Waals surface area contributed by atoms with E-state index in [9.17, 15) is 9.59 Å². The van der Waals surface area contributed by atoms with E-state index in [2.05, 4.69) is 38.1 Å². The van der Waals surface area contributed by atoms with Crippen molar-refractivity contribution in [2.24, 2.45) is 4.99 Å². The average molecular weight is 468 g/mol. The number of carbonyl (C=O) groups excluding carboxylic acids is 2. The number of amides is 2. The van der Waals surface area contributed by atoms with Crippen LogP contribution < -0.4 is 16.0 Å². The summed E-state index contributed by atoms with van der Waals surface area (Å²) in [6.07, 6.45) is 2.73. The fraction of sp³-hybridized carbons (Fsp3) is 0.179. The van der Waals surface area contributed by atoms with Gasteiger partial charge in [0.2, 0.25) is 11.9 Å². The number of aromatic amines is 1. The van der Waals surface area contributed by atoms with Crippen molar-refractivity contribution >= 4 is 40.1 Å². The van der Waals surface area contributed by atoms with Crippen LogP contribution in [0.25, 0.3) is 10.9 Å². The average Bonchev–Trinajstić information content (AvgIpc) is 3.24. The third-order valence-electron chi connectivity index (χ3n) is 5.66. The van der Waals surface area contributed by atoms with Crippen LogP contribution in [0.2, 0.25) is 0 Å². The highest BCUT2D eigenvalue weighted by Crippen LogP contribution is 2.19. The topological polar surface area (TPSA) is 98.4 Å². The van der Waals surface area contributed by atoms with Crippen LogP contribution in [0.15, 0.2) is 77.9 Å². The molecule has 4 rings (SSSR count). The molecule has 0 aliphatic rings. The number of aromatic nitrogens is 1. The molecule has 7 nitrogen and oxygen atoms in total. The normalized spacial score (nSPS) is 11.3. The maximum atomic E-state index is 13.0. The highest BCUT2D eigenvalue weighted by molar-refractivity contribution is 6.10. The third kappa shape index (κ3) is 6.14. The number of benzene rings is 3. The van der Waals surface area contributed by atoms with E-state index in [-0.39, 0.29) is 11.8 Å². The number of carbonyl (C=O) groups is 2. The lowest BCUT2D eigenvalue weighted by Crippen LogP contribution is -2.36. The Labute approximate surface area is 204 Å². The molecule has 0 unspecified atom stereocenters. The molecular formula is C28H29N5O2. The predicted octanol–water partition coefficient (Wildman–Crippen LogP) is 5.18. The predicted molar refractivity (Wildman–Crippen MR) is 142 cm³/mol. The van der Waals surface area contributed by atoms with Crippen molar-refractivity contribution in [1.29, 1.82) is 0 Å². The summed E-state index contributed by atoms with van der Waals surface area (Å²) in [4.78, 5) is 32.2. The van der Waals surface area contributed by atoms with E-state index in [0.717, 1.165) is 28.8 Å². The first-order valence-electron chi connectivity index (χ1n) is 11.5. The zero-order valence-corrected chi connectivity index (χ0v) is 20.1. The number of guanidine groups is 1. The molecule has 0 atom stereocenters. The van der Waals surface area contributed by atoms with Crippen LogP contribution in [-0.4, -0.2) is 29.3 Å². The highest BCUT2D eigenvalue weighted by atomic mass is 16.2. The van der Waals surface area contributed by atoms with Crippen LogP contribution in [0.5, 0.6) is 0 Å². The van der Waals surface area contributed by atoms with Gasteiger partial charge in [-0.15, -0.1) is 0 Å². The number of rotatable bonds is 6. The Bertz CT molecular complexity index is 1390. The number of aliphatic imine (C=N–C) groups is 1. The molecule has 0 saturated heterocycles. The zero-order chi connectivity index (χ0) is 24.8. The SMILES string of the molecule is CC(=O)Nc1ccc(C(=O)NC(=NCCc2c[nH]c3ccccc23)Nc2ccc(C)cc2C)cc1. The summed E-state index contributed by atoms with van der Waals surface area (Å²) in [5, 5.41) is 10.1. The number of nitrogens with zero attached hydrogens (tertiary/aromatic N) is 1. The molecule has 1 aromatic heterocycles. The summed E-state index contributed by atoms with van der Waals surface area (Å²) in [5.74, 6) is -0.0697. The Hall–Kier alpha value is -4.39. The minimum absolute atomic E-state index is 0.163. The molecule has 0 aliphatic heterocycles. The molecule has 0 saturated carbocycles. The molecular weight excluding hydrogens is 438 g/mol. The van der Waals surface area contributed by atoms with E-state index in [1.54, 1.807) is 24.3 Å². The fourth-order valence-corrected chi connectivity index (χ4v) is 3.91. The molecule has 4 N–H and O–H groups in total. The maximum Gasteiger partial charge on any atom is 0.257 e. The van der Waals surface area contributed by atoms with E-state index in [1.807, 2.05) is 50.4 Å². The van der Waals surface area contributed by atoms with Crippen LogP contribution in [0.4, 0.5) is 11.4 Å². The number of H-pyrrole nitrogens is 1. The fourth-order valence-electron chi connectivity index (χ4n) is 3.91. The summed E-state index contributed by atoms with van der Waals surface area (Å²) in [7, 11) is 0. The van der Waals surface area contributed by atoms with E-state index >= 15 is 0 Å². The number of aryl methyl sites for hydroxylation is 2. The van der Waals surface area contributed by atoms with Crippen molar-refractivity contribution in [1.82, 2.24) is 10.3 Å². The Morgan fingerprint density at radius 2 is 1.71 bits per heavy atom. The number of para-hydroxylation sites is 1. The highest BCUT2D eigenvalue weighted by Gasteiger charge is 2.11. The van der Waals surface area contributed by atoms with Gasteiger partial charge in [0.05, 0.1) is 0 Å². The number of hydrogen-bond donors (Lipinski definition) is 4. The smallest absolute Gasteiger partial charge is 0.257 e. The van der Waals surface area contributed by atoms with Crippen molar-refractivity contribution in [3.8, 4) is 0 Å². The van der Waals surface area contributed by atoms with Crippen molar-refractivity contribution in [3.05, 3.63) is 95.2 Å². The van der Waals surface area contributed by atoms with Crippen molar-refractivity contribution in [2.75, 3.05) is 17.2 Å². The van der Waals surface area contributed by atoms with Crippen molar-refractivity contribution in [3.63, 3.8) is 0 Å². The second-order valence-corrected chi connectivity index (χ2v) is 8.50. The van der Waals surface area contributed by atoms with E-state index in [1.165, 1.54) is 17.9 Å². The Morgan fingerprint density at radius 1 is 0.943 bits per heavy atom. The molecule has 0 spiro atoms. The Kier molecular flexibility index (Phi) is 7.26. The second kappa shape index (κ2) is 10.7. The van der Waals surface area contributed by atoms with Gasteiger partial charge in [0, 0.05) is 47.5 Å². The van der Waals surface area contributed by atoms with Crippen LogP contribution in [0.3, 0.4) is 0 Å². The van der Waals surface area contributed by atoms with Crippen LogP contribution in [0, 0.1) is 13.8 Å². The minimum atomic E-state index is -0.289. The van der Waals surface area contributed by atoms with Gasteiger partial charge in [-0.25, -0.2) is 0 Å². The van der Waals surface area contributed by atoms with Gasteiger partial charge in [0.25, 0.3) is 5.91 Å². The lowest BCUT2D eigenvalue weighted by molar-refractivity contribution is -0.114. The van der Waals surface area contributed by atoms with Gasteiger partial charge >= 0.3 is 0 Å². The molecule has 2 amide bonds. The first-order valence-corrected chi connectivity index (χ1v) is 11.5. The largest absolute Gasteiger partial charge is 0.361 e. The monoisotopic (exact) mass is 467 g/mol. The first kappa shape index (κ1) is 23.8. The number of anilines is 2.